The molecule has 0 radical (unpaired) electrons. The third kappa shape index (κ3) is 2.57. The predicted octanol–water partition coefficient (Wildman–Crippen LogP) is 0.759. The van der Waals surface area contributed by atoms with Crippen LogP contribution in [0, 0.1) is 0 Å². The number of methoxy groups -OCH3 is 1. The van der Waals surface area contributed by atoms with Crippen LogP contribution >= 0.6 is 0 Å². The second-order valence-electron chi connectivity index (χ2n) is 3.88. The number of benzene rings is 1. The molecule has 0 unspecified atom stereocenters. The zero-order valence-electron chi connectivity index (χ0n) is 10.2. The third-order valence-corrected chi connectivity index (χ3v) is 2.71. The highest BCUT2D eigenvalue weighted by atomic mass is 16.5. The van der Waals surface area contributed by atoms with E-state index in [1.807, 2.05) is 18.2 Å². The molecule has 0 fully saturated rings. The Labute approximate surface area is 105 Å². The van der Waals surface area contributed by atoms with E-state index >= 15 is 0 Å². The third-order valence-electron chi connectivity index (χ3n) is 2.71. The number of ether oxygens (including phenoxy) is 1. The van der Waals surface area contributed by atoms with Crippen molar-refractivity contribution in [1.29, 1.82) is 0 Å². The number of nitrogens with two attached hydrogens (primary N) is 1. The lowest BCUT2D eigenvalue weighted by Gasteiger charge is -2.10. The van der Waals surface area contributed by atoms with Gasteiger partial charge in [-0.2, -0.15) is 0 Å². The number of nitrogens with zero attached hydrogens (tertiary/aromatic N) is 2. The smallest absolute Gasteiger partial charge is 0.347 e. The molecular formula is C13H15N3O2. The van der Waals surface area contributed by atoms with Crippen molar-refractivity contribution in [3.63, 3.8) is 0 Å². The maximum atomic E-state index is 11.5. The van der Waals surface area contributed by atoms with Crippen molar-refractivity contribution in [3.05, 3.63) is 58.3 Å². The van der Waals surface area contributed by atoms with E-state index in [1.54, 1.807) is 19.4 Å². The molecule has 0 aliphatic rings. The van der Waals surface area contributed by atoms with Gasteiger partial charge in [0.15, 0.2) is 0 Å². The summed E-state index contributed by atoms with van der Waals surface area (Å²) in [5.74, 6) is 0.743. The van der Waals surface area contributed by atoms with E-state index in [0.29, 0.717) is 13.1 Å². The summed E-state index contributed by atoms with van der Waals surface area (Å²) in [5, 5.41) is 0. The van der Waals surface area contributed by atoms with Gasteiger partial charge in [0.05, 0.1) is 13.7 Å². The molecule has 0 saturated heterocycles. The van der Waals surface area contributed by atoms with Crippen molar-refractivity contribution in [2.45, 2.75) is 13.1 Å². The summed E-state index contributed by atoms with van der Waals surface area (Å²) < 4.78 is 6.80. The minimum atomic E-state index is -0.264. The molecule has 2 N–H and O–H groups in total. The van der Waals surface area contributed by atoms with Gasteiger partial charge in [-0.25, -0.2) is 9.78 Å². The fourth-order valence-corrected chi connectivity index (χ4v) is 1.76. The van der Waals surface area contributed by atoms with Crippen LogP contribution in [0.2, 0.25) is 0 Å². The van der Waals surface area contributed by atoms with Crippen molar-refractivity contribution in [2.75, 3.05) is 7.11 Å². The number of rotatable bonds is 4. The Balaban J connectivity index is 2.30. The lowest BCUT2D eigenvalue weighted by atomic mass is 10.1. The summed E-state index contributed by atoms with van der Waals surface area (Å²) in [4.78, 5) is 15.2. The van der Waals surface area contributed by atoms with E-state index < -0.39 is 0 Å². The van der Waals surface area contributed by atoms with Crippen LogP contribution in [0.4, 0.5) is 0 Å². The van der Waals surface area contributed by atoms with E-state index in [4.69, 9.17) is 10.5 Å². The van der Waals surface area contributed by atoms with Crippen LogP contribution in [0.1, 0.15) is 11.1 Å². The molecule has 2 rings (SSSR count). The SMILES string of the molecule is COc1cc(Cn2cccnc2=O)ccc1CN. The van der Waals surface area contributed by atoms with Gasteiger partial charge in [-0.05, 0) is 17.7 Å². The first kappa shape index (κ1) is 12.3. The summed E-state index contributed by atoms with van der Waals surface area (Å²) in [7, 11) is 1.61. The molecule has 18 heavy (non-hydrogen) atoms. The Morgan fingerprint density at radius 3 is 2.94 bits per heavy atom. The minimum Gasteiger partial charge on any atom is -0.496 e. The van der Waals surface area contributed by atoms with Gasteiger partial charge in [0.2, 0.25) is 0 Å². The Morgan fingerprint density at radius 2 is 2.28 bits per heavy atom. The average Bonchev–Trinajstić information content (AvgIpc) is 2.41. The number of hydrogen-bond donors (Lipinski definition) is 1. The van der Waals surface area contributed by atoms with Crippen molar-refractivity contribution in [2.24, 2.45) is 5.73 Å². The first-order chi connectivity index (χ1) is 8.74. The molecule has 1 heterocycles. The molecule has 5 nitrogen and oxygen atoms in total. The zero-order chi connectivity index (χ0) is 13.0. The van der Waals surface area contributed by atoms with Gasteiger partial charge >= 0.3 is 5.69 Å². The Morgan fingerprint density at radius 1 is 1.44 bits per heavy atom. The molecular weight excluding hydrogens is 230 g/mol. The number of hydrogen-bond acceptors (Lipinski definition) is 4. The Kier molecular flexibility index (Phi) is 3.74. The molecule has 1 aromatic carbocycles. The van der Waals surface area contributed by atoms with Gasteiger partial charge in [0.1, 0.15) is 5.75 Å². The lowest BCUT2D eigenvalue weighted by Crippen LogP contribution is -2.21. The van der Waals surface area contributed by atoms with Crippen LogP contribution in [0.15, 0.2) is 41.5 Å². The minimum absolute atomic E-state index is 0.264. The topological polar surface area (TPSA) is 70.1 Å². The monoisotopic (exact) mass is 245 g/mol. The molecule has 2 aromatic rings. The van der Waals surface area contributed by atoms with Crippen molar-refractivity contribution in [3.8, 4) is 5.75 Å². The fourth-order valence-electron chi connectivity index (χ4n) is 1.76. The van der Waals surface area contributed by atoms with E-state index in [2.05, 4.69) is 4.98 Å². The number of aromatic nitrogens is 2. The van der Waals surface area contributed by atoms with Gasteiger partial charge in [0, 0.05) is 24.5 Å². The van der Waals surface area contributed by atoms with Gasteiger partial charge < -0.3 is 10.5 Å². The van der Waals surface area contributed by atoms with Crippen LogP contribution in [0.25, 0.3) is 0 Å². The van der Waals surface area contributed by atoms with Crippen LogP contribution in [-0.4, -0.2) is 16.7 Å². The molecule has 0 aliphatic heterocycles. The first-order valence-electron chi connectivity index (χ1n) is 5.62. The molecule has 0 saturated carbocycles. The Hall–Kier alpha value is -2.14. The summed E-state index contributed by atoms with van der Waals surface area (Å²) in [5.41, 5.74) is 7.26. The summed E-state index contributed by atoms with van der Waals surface area (Å²) in [6.45, 7) is 0.893. The summed E-state index contributed by atoms with van der Waals surface area (Å²) in [6, 6.07) is 7.47. The van der Waals surface area contributed by atoms with Crippen molar-refractivity contribution >= 4 is 0 Å². The molecule has 0 aliphatic carbocycles. The second-order valence-corrected chi connectivity index (χ2v) is 3.88. The van der Waals surface area contributed by atoms with E-state index in [0.717, 1.165) is 16.9 Å². The van der Waals surface area contributed by atoms with Gasteiger partial charge in [-0.1, -0.05) is 12.1 Å². The Bertz CT molecular complexity index is 593. The van der Waals surface area contributed by atoms with E-state index in [9.17, 15) is 4.79 Å². The standard InChI is InChI=1S/C13H15N3O2/c1-18-12-7-10(3-4-11(12)8-14)9-16-6-2-5-15-13(16)17/h2-7H,8-9,14H2,1H3. The van der Waals surface area contributed by atoms with Crippen molar-refractivity contribution < 1.29 is 4.74 Å². The van der Waals surface area contributed by atoms with Crippen molar-refractivity contribution in [1.82, 2.24) is 9.55 Å². The van der Waals surface area contributed by atoms with Gasteiger partial charge in [0.25, 0.3) is 0 Å². The normalized spacial score (nSPS) is 10.3. The molecule has 0 spiro atoms. The maximum absolute atomic E-state index is 11.5. The highest BCUT2D eigenvalue weighted by molar-refractivity contribution is 5.37. The summed E-state index contributed by atoms with van der Waals surface area (Å²) in [6.07, 6.45) is 3.19. The lowest BCUT2D eigenvalue weighted by molar-refractivity contribution is 0.409. The molecule has 94 valence electrons. The summed E-state index contributed by atoms with van der Waals surface area (Å²) >= 11 is 0. The van der Waals surface area contributed by atoms with Crippen LogP contribution in [0.3, 0.4) is 0 Å². The van der Waals surface area contributed by atoms with Crippen LogP contribution in [-0.2, 0) is 13.1 Å². The first-order valence-corrected chi connectivity index (χ1v) is 5.62. The van der Waals surface area contributed by atoms with Gasteiger partial charge in [-0.15, -0.1) is 0 Å². The largest absolute Gasteiger partial charge is 0.496 e. The quantitative estimate of drug-likeness (QED) is 0.863. The molecule has 5 heteroatoms. The average molecular weight is 245 g/mol. The highest BCUT2D eigenvalue weighted by Gasteiger charge is 2.04. The molecule has 0 amide bonds. The zero-order valence-corrected chi connectivity index (χ0v) is 10.2. The molecule has 0 bridgehead atoms. The highest BCUT2D eigenvalue weighted by Crippen LogP contribution is 2.19. The predicted molar refractivity (Wildman–Crippen MR) is 68.5 cm³/mol. The second kappa shape index (κ2) is 5.46. The fraction of sp³-hybridized carbons (Fsp3) is 0.231. The molecule has 1 aromatic heterocycles. The molecule has 0 atom stereocenters. The maximum Gasteiger partial charge on any atom is 0.347 e. The van der Waals surface area contributed by atoms with E-state index in [-0.39, 0.29) is 5.69 Å². The van der Waals surface area contributed by atoms with Gasteiger partial charge in [-0.3, -0.25) is 4.57 Å². The van der Waals surface area contributed by atoms with Crippen LogP contribution < -0.4 is 16.2 Å². The van der Waals surface area contributed by atoms with E-state index in [1.165, 1.54) is 10.8 Å². The van der Waals surface area contributed by atoms with Crippen LogP contribution in [0.5, 0.6) is 5.75 Å².